The van der Waals surface area contributed by atoms with Gasteiger partial charge in [0, 0.05) is 6.54 Å². The van der Waals surface area contributed by atoms with Crippen molar-refractivity contribution in [3.05, 3.63) is 65.3 Å². The first-order chi connectivity index (χ1) is 14.1. The van der Waals surface area contributed by atoms with Gasteiger partial charge in [-0.25, -0.2) is 0 Å². The molecule has 154 valence electrons. The van der Waals surface area contributed by atoms with Crippen LogP contribution >= 0.6 is 0 Å². The van der Waals surface area contributed by atoms with Crippen molar-refractivity contribution in [1.29, 1.82) is 0 Å². The number of amides is 1. The molecule has 2 heterocycles. The van der Waals surface area contributed by atoms with Crippen molar-refractivity contribution in [2.24, 2.45) is 0 Å². The number of furan rings is 1. The van der Waals surface area contributed by atoms with Gasteiger partial charge in [-0.15, -0.1) is 0 Å². The lowest BCUT2D eigenvalue weighted by Crippen LogP contribution is -2.31. The number of ether oxygens (including phenoxy) is 1. The number of nitrogens with zero attached hydrogens (tertiary/aromatic N) is 1. The number of hydrogen-bond donors (Lipinski definition) is 1. The number of aliphatic hydroxyl groups is 1. The van der Waals surface area contributed by atoms with Crippen LogP contribution in [-0.4, -0.2) is 34.8 Å². The van der Waals surface area contributed by atoms with Gasteiger partial charge in [0.2, 0.25) is 5.78 Å². The van der Waals surface area contributed by atoms with Crippen molar-refractivity contribution in [2.45, 2.75) is 45.6 Å². The van der Waals surface area contributed by atoms with Gasteiger partial charge in [-0.2, -0.15) is 0 Å². The highest BCUT2D eigenvalue weighted by atomic mass is 16.5. The molecule has 0 aliphatic carbocycles. The largest absolute Gasteiger partial charge is 0.503 e. The molecule has 3 rings (SSSR count). The van der Waals surface area contributed by atoms with Crippen molar-refractivity contribution in [3.63, 3.8) is 0 Å². The van der Waals surface area contributed by atoms with Crippen LogP contribution in [-0.2, 0) is 4.79 Å². The Bertz CT molecular complexity index is 867. The molecule has 29 heavy (non-hydrogen) atoms. The Balaban J connectivity index is 1.88. The standard InChI is InChI=1S/C23H27NO5/c1-3-5-6-14-28-17-11-9-16(10-12-17)20-19(21(25)18-8-7-15-29-18)22(26)23(27)24(20)13-4-2/h7-12,15,20,26H,3-6,13-14H2,1-2H3. The topological polar surface area (TPSA) is 80.0 Å². The first kappa shape index (κ1) is 20.7. The molecule has 0 saturated heterocycles. The number of rotatable bonds is 10. The van der Waals surface area contributed by atoms with Gasteiger partial charge in [-0.3, -0.25) is 9.59 Å². The number of aliphatic hydroxyl groups excluding tert-OH is 1. The Morgan fingerprint density at radius 1 is 1.14 bits per heavy atom. The van der Waals surface area contributed by atoms with Crippen molar-refractivity contribution in [1.82, 2.24) is 4.90 Å². The average Bonchev–Trinajstić information content (AvgIpc) is 3.35. The predicted molar refractivity (Wildman–Crippen MR) is 109 cm³/mol. The molecule has 0 bridgehead atoms. The second-order valence-electron chi connectivity index (χ2n) is 7.09. The monoisotopic (exact) mass is 397 g/mol. The molecule has 1 aromatic heterocycles. The first-order valence-electron chi connectivity index (χ1n) is 10.1. The zero-order valence-corrected chi connectivity index (χ0v) is 16.9. The molecule has 2 aromatic rings. The number of ketones is 1. The smallest absolute Gasteiger partial charge is 0.290 e. The lowest BCUT2D eigenvalue weighted by Gasteiger charge is -2.26. The van der Waals surface area contributed by atoms with Crippen LogP contribution in [0.2, 0.25) is 0 Å². The van der Waals surface area contributed by atoms with Gasteiger partial charge in [0.1, 0.15) is 5.75 Å². The SMILES string of the molecule is CCCCCOc1ccc(C2C(C(=O)c3ccco3)=C(O)C(=O)N2CCC)cc1. The van der Waals surface area contributed by atoms with Crippen LogP contribution in [0.3, 0.4) is 0 Å². The highest BCUT2D eigenvalue weighted by Crippen LogP contribution is 2.39. The summed E-state index contributed by atoms with van der Waals surface area (Å²) in [6, 6.07) is 9.81. The summed E-state index contributed by atoms with van der Waals surface area (Å²) in [4.78, 5) is 27.1. The molecule has 0 spiro atoms. The third kappa shape index (κ3) is 4.36. The molecule has 1 N–H and O–H groups in total. The fraction of sp³-hybridized carbons (Fsp3) is 0.391. The molecule has 1 amide bonds. The molecule has 1 atom stereocenters. The lowest BCUT2D eigenvalue weighted by atomic mass is 9.95. The number of benzene rings is 1. The normalized spacial score (nSPS) is 16.6. The molecule has 0 radical (unpaired) electrons. The van der Waals surface area contributed by atoms with Gasteiger partial charge in [0.05, 0.1) is 24.5 Å². The predicted octanol–water partition coefficient (Wildman–Crippen LogP) is 4.84. The Morgan fingerprint density at radius 2 is 1.90 bits per heavy atom. The zero-order valence-electron chi connectivity index (χ0n) is 16.9. The van der Waals surface area contributed by atoms with E-state index in [1.165, 1.54) is 17.2 Å². The van der Waals surface area contributed by atoms with E-state index in [4.69, 9.17) is 9.15 Å². The zero-order chi connectivity index (χ0) is 20.8. The minimum absolute atomic E-state index is 0.0509. The molecule has 1 unspecified atom stereocenters. The third-order valence-electron chi connectivity index (χ3n) is 4.97. The van der Waals surface area contributed by atoms with Gasteiger partial charge < -0.3 is 19.2 Å². The third-order valence-corrected chi connectivity index (χ3v) is 4.97. The molecule has 6 heteroatoms. The van der Waals surface area contributed by atoms with Crippen LogP contribution in [0, 0.1) is 0 Å². The van der Waals surface area contributed by atoms with Crippen LogP contribution in [0.1, 0.15) is 61.7 Å². The Hall–Kier alpha value is -3.02. The molecule has 6 nitrogen and oxygen atoms in total. The van der Waals surface area contributed by atoms with Gasteiger partial charge in [-0.05, 0) is 42.7 Å². The van der Waals surface area contributed by atoms with Crippen LogP contribution < -0.4 is 4.74 Å². The van der Waals surface area contributed by atoms with Crippen molar-refractivity contribution < 1.29 is 23.8 Å². The van der Waals surface area contributed by atoms with E-state index in [9.17, 15) is 14.7 Å². The molecular formula is C23H27NO5. The van der Waals surface area contributed by atoms with E-state index in [2.05, 4.69) is 6.92 Å². The summed E-state index contributed by atoms with van der Waals surface area (Å²) < 4.78 is 11.0. The van der Waals surface area contributed by atoms with Crippen LogP contribution in [0.4, 0.5) is 0 Å². The summed E-state index contributed by atoms with van der Waals surface area (Å²) in [6.45, 7) is 5.17. The maximum Gasteiger partial charge on any atom is 0.290 e. The van der Waals surface area contributed by atoms with Crippen molar-refractivity contribution in [2.75, 3.05) is 13.2 Å². The summed E-state index contributed by atoms with van der Waals surface area (Å²) in [5, 5.41) is 10.5. The molecular weight excluding hydrogens is 370 g/mol. The second kappa shape index (κ2) is 9.45. The number of carbonyl (C=O) groups excluding carboxylic acids is 2. The maximum absolute atomic E-state index is 13.0. The number of hydrogen-bond acceptors (Lipinski definition) is 5. The minimum Gasteiger partial charge on any atom is -0.503 e. The molecule has 1 aromatic carbocycles. The average molecular weight is 397 g/mol. The van der Waals surface area contributed by atoms with Crippen LogP contribution in [0.25, 0.3) is 0 Å². The van der Waals surface area contributed by atoms with E-state index in [0.29, 0.717) is 19.6 Å². The van der Waals surface area contributed by atoms with E-state index in [0.717, 1.165) is 30.6 Å². The Labute approximate surface area is 170 Å². The van der Waals surface area contributed by atoms with Crippen molar-refractivity contribution >= 4 is 11.7 Å². The van der Waals surface area contributed by atoms with Gasteiger partial charge in [0.15, 0.2) is 11.5 Å². The van der Waals surface area contributed by atoms with Crippen LogP contribution in [0.15, 0.2) is 58.4 Å². The van der Waals surface area contributed by atoms with E-state index >= 15 is 0 Å². The Kier molecular flexibility index (Phi) is 6.75. The van der Waals surface area contributed by atoms with E-state index in [-0.39, 0.29) is 11.3 Å². The van der Waals surface area contributed by atoms with Crippen LogP contribution in [0.5, 0.6) is 5.75 Å². The summed E-state index contributed by atoms with van der Waals surface area (Å²) in [5.41, 5.74) is 0.793. The highest BCUT2D eigenvalue weighted by Gasteiger charge is 2.43. The molecule has 0 fully saturated rings. The van der Waals surface area contributed by atoms with Gasteiger partial charge in [0.25, 0.3) is 5.91 Å². The second-order valence-corrected chi connectivity index (χ2v) is 7.09. The molecule has 1 aliphatic heterocycles. The van der Waals surface area contributed by atoms with E-state index in [1.54, 1.807) is 6.07 Å². The fourth-order valence-corrected chi connectivity index (χ4v) is 3.53. The number of carbonyl (C=O) groups is 2. The maximum atomic E-state index is 13.0. The fourth-order valence-electron chi connectivity index (χ4n) is 3.53. The van der Waals surface area contributed by atoms with Crippen molar-refractivity contribution in [3.8, 4) is 5.75 Å². The first-order valence-corrected chi connectivity index (χ1v) is 10.1. The molecule has 0 saturated carbocycles. The quantitative estimate of drug-likeness (QED) is 0.458. The van der Waals surface area contributed by atoms with E-state index < -0.39 is 23.5 Å². The number of Topliss-reactive ketones (excluding diaryl/α,β-unsaturated/α-hetero) is 1. The molecule has 1 aliphatic rings. The van der Waals surface area contributed by atoms with Gasteiger partial charge >= 0.3 is 0 Å². The summed E-state index contributed by atoms with van der Waals surface area (Å²) in [6.07, 6.45) is 5.35. The van der Waals surface area contributed by atoms with Gasteiger partial charge in [-0.1, -0.05) is 38.8 Å². The number of unbranched alkanes of at least 4 members (excludes halogenated alkanes) is 2. The lowest BCUT2D eigenvalue weighted by molar-refractivity contribution is -0.129. The summed E-state index contributed by atoms with van der Waals surface area (Å²) in [7, 11) is 0. The Morgan fingerprint density at radius 3 is 2.52 bits per heavy atom. The summed E-state index contributed by atoms with van der Waals surface area (Å²) in [5.74, 6) is -0.692. The van der Waals surface area contributed by atoms with E-state index in [1.807, 2.05) is 31.2 Å². The highest BCUT2D eigenvalue weighted by molar-refractivity contribution is 6.15. The summed E-state index contributed by atoms with van der Waals surface area (Å²) >= 11 is 0. The minimum atomic E-state index is -0.658.